The number of rotatable bonds is 6. The number of methoxy groups -OCH3 is 1. The van der Waals surface area contributed by atoms with Crippen molar-refractivity contribution < 1.29 is 19.8 Å². The van der Waals surface area contributed by atoms with E-state index in [1.807, 2.05) is 12.1 Å². The summed E-state index contributed by atoms with van der Waals surface area (Å²) in [5.74, 6) is 1.61. The summed E-state index contributed by atoms with van der Waals surface area (Å²) in [6.07, 6.45) is 4.56. The molecule has 0 bridgehead atoms. The van der Waals surface area contributed by atoms with Crippen LogP contribution in [0.25, 0.3) is 21.9 Å². The molecule has 3 rings (SSSR count). The molecule has 0 amide bonds. The van der Waals surface area contributed by atoms with Gasteiger partial charge in [0.15, 0.2) is 5.52 Å². The van der Waals surface area contributed by atoms with E-state index < -0.39 is 5.60 Å². The van der Waals surface area contributed by atoms with Gasteiger partial charge >= 0.3 is 0 Å². The summed E-state index contributed by atoms with van der Waals surface area (Å²) in [6, 6.07) is 5.59. The zero-order valence-electron chi connectivity index (χ0n) is 15.3. The number of pyridine rings is 1. The van der Waals surface area contributed by atoms with Crippen molar-refractivity contribution >= 4 is 21.9 Å². The smallest absolute Gasteiger partial charge is 0.270 e. The minimum Gasteiger partial charge on any atom is -0.497 e. The second kappa shape index (κ2) is 6.52. The van der Waals surface area contributed by atoms with Gasteiger partial charge in [0.25, 0.3) is 11.7 Å². The first-order valence-corrected chi connectivity index (χ1v) is 8.67. The fraction of sp³-hybridized carbons (Fsp3) is 0.474. The highest BCUT2D eigenvalue weighted by Gasteiger charge is 2.24. The maximum Gasteiger partial charge on any atom is 0.270 e. The van der Waals surface area contributed by atoms with E-state index in [2.05, 4.69) is 11.5 Å². The Morgan fingerprint density at radius 1 is 1.32 bits per heavy atom. The molecule has 1 aromatic carbocycles. The van der Waals surface area contributed by atoms with Crippen molar-refractivity contribution in [1.82, 2.24) is 9.55 Å². The second-order valence-electron chi connectivity index (χ2n) is 7.12. The molecule has 3 aromatic rings. The van der Waals surface area contributed by atoms with Crippen molar-refractivity contribution in [2.24, 2.45) is 0 Å². The van der Waals surface area contributed by atoms with Gasteiger partial charge in [-0.25, -0.2) is 4.98 Å². The van der Waals surface area contributed by atoms with Gasteiger partial charge in [-0.05, 0) is 32.4 Å². The van der Waals surface area contributed by atoms with Gasteiger partial charge in [0.05, 0.1) is 36.2 Å². The molecule has 0 radical (unpaired) electrons. The summed E-state index contributed by atoms with van der Waals surface area (Å²) in [5, 5.41) is 21.6. The van der Waals surface area contributed by atoms with Crippen molar-refractivity contribution in [2.45, 2.75) is 52.2 Å². The number of ether oxygens (including phenoxy) is 1. The molecule has 25 heavy (non-hydrogen) atoms. The van der Waals surface area contributed by atoms with Crippen LogP contribution in [-0.4, -0.2) is 32.6 Å². The number of hydrogen-bond donors (Lipinski definition) is 2. The third-order valence-electron chi connectivity index (χ3n) is 4.32. The molecule has 2 N–H and O–H groups in total. The van der Waals surface area contributed by atoms with E-state index >= 15 is 0 Å². The van der Waals surface area contributed by atoms with Crippen LogP contribution in [-0.2, 0) is 13.0 Å². The highest BCUT2D eigenvalue weighted by Crippen LogP contribution is 2.28. The predicted molar refractivity (Wildman–Crippen MR) is 96.1 cm³/mol. The molecule has 6 heteroatoms. The number of benzene rings is 1. The van der Waals surface area contributed by atoms with Crippen molar-refractivity contribution in [3.8, 4) is 5.75 Å². The third-order valence-corrected chi connectivity index (χ3v) is 4.32. The van der Waals surface area contributed by atoms with Crippen LogP contribution in [0.2, 0.25) is 0 Å². The summed E-state index contributed by atoms with van der Waals surface area (Å²) in [4.78, 5) is 4.73. The molecule has 2 aromatic heterocycles. The Balaban J connectivity index is 2.31. The van der Waals surface area contributed by atoms with Crippen molar-refractivity contribution in [2.75, 3.05) is 7.11 Å². The van der Waals surface area contributed by atoms with Gasteiger partial charge in [0, 0.05) is 11.2 Å². The zero-order chi connectivity index (χ0) is 18.2. The molecule has 0 saturated carbocycles. The van der Waals surface area contributed by atoms with Gasteiger partial charge in [-0.2, -0.15) is 0 Å². The minimum atomic E-state index is -0.863. The quantitative estimate of drug-likeness (QED) is 0.533. The molecule has 0 unspecified atom stereocenters. The van der Waals surface area contributed by atoms with Gasteiger partial charge in [-0.15, -0.1) is 0 Å². The number of imidazole rings is 1. The van der Waals surface area contributed by atoms with E-state index in [1.165, 1.54) is 0 Å². The Bertz CT molecular complexity index is 910. The lowest BCUT2D eigenvalue weighted by Gasteiger charge is -2.20. The molecule has 0 saturated heterocycles. The van der Waals surface area contributed by atoms with Crippen LogP contribution in [0.15, 0.2) is 24.4 Å². The fourth-order valence-corrected chi connectivity index (χ4v) is 3.19. The lowest BCUT2D eigenvalue weighted by atomic mass is 10.1. The second-order valence-corrected chi connectivity index (χ2v) is 7.12. The van der Waals surface area contributed by atoms with Crippen LogP contribution in [0.1, 0.15) is 39.4 Å². The van der Waals surface area contributed by atoms with Crippen LogP contribution < -0.4 is 9.47 Å². The third kappa shape index (κ3) is 3.39. The van der Waals surface area contributed by atoms with E-state index in [-0.39, 0.29) is 0 Å². The number of fused-ring (bicyclic) bond motifs is 3. The summed E-state index contributed by atoms with van der Waals surface area (Å²) in [6.45, 7) is 6.18. The lowest BCUT2D eigenvalue weighted by molar-refractivity contribution is -0.883. The molecule has 6 nitrogen and oxygen atoms in total. The average Bonchev–Trinajstić information content (AvgIpc) is 2.88. The molecule has 0 aliphatic heterocycles. The largest absolute Gasteiger partial charge is 0.497 e. The van der Waals surface area contributed by atoms with E-state index in [0.29, 0.717) is 17.8 Å². The Morgan fingerprint density at radius 2 is 2.08 bits per heavy atom. The molecule has 2 heterocycles. The maximum atomic E-state index is 10.4. The lowest BCUT2D eigenvalue weighted by Crippen LogP contribution is -2.31. The molecule has 0 aliphatic carbocycles. The summed E-state index contributed by atoms with van der Waals surface area (Å²) in [7, 11) is 1.60. The van der Waals surface area contributed by atoms with Crippen molar-refractivity contribution in [1.29, 1.82) is 0 Å². The average molecular weight is 344 g/mol. The van der Waals surface area contributed by atoms with Crippen LogP contribution in [0, 0.1) is 0 Å². The molecule has 0 spiro atoms. The van der Waals surface area contributed by atoms with E-state index in [4.69, 9.17) is 9.72 Å². The molecule has 134 valence electrons. The van der Waals surface area contributed by atoms with Crippen LogP contribution >= 0.6 is 0 Å². The predicted octanol–water partition coefficient (Wildman–Crippen LogP) is 2.84. The summed E-state index contributed by atoms with van der Waals surface area (Å²) >= 11 is 0. The minimum absolute atomic E-state index is 0.444. The van der Waals surface area contributed by atoms with E-state index in [0.717, 1.165) is 46.2 Å². The summed E-state index contributed by atoms with van der Waals surface area (Å²) in [5.41, 5.74) is 1.43. The highest BCUT2D eigenvalue weighted by atomic mass is 16.5. The number of aromatic nitrogens is 3. The van der Waals surface area contributed by atoms with Crippen molar-refractivity contribution in [3.05, 3.63) is 30.2 Å². The van der Waals surface area contributed by atoms with Crippen molar-refractivity contribution in [3.63, 3.8) is 0 Å². The van der Waals surface area contributed by atoms with Gasteiger partial charge in [-0.1, -0.05) is 13.3 Å². The molecule has 0 aliphatic rings. The number of aliphatic hydroxyl groups is 1. The summed E-state index contributed by atoms with van der Waals surface area (Å²) < 4.78 is 8.44. The number of hydrogen-bond acceptors (Lipinski definition) is 4. The Hall–Kier alpha value is -2.34. The standard InChI is InChI=1S/C19H26N3O3/c1-5-6-7-17-20-15-11-22(24)16-10-13(25-4)8-9-14(16)18(15)21(17)12-19(2,3)23/h8-11,23-24H,5-7,12H2,1-4H3/q+1. The SMILES string of the molecule is CCCCc1nc2c[n+](O)c3cc(OC)ccc3c2n1CC(C)(C)O. The fourth-order valence-electron chi connectivity index (χ4n) is 3.19. The topological polar surface area (TPSA) is 71.4 Å². The molecular weight excluding hydrogens is 318 g/mol. The van der Waals surface area contributed by atoms with Gasteiger partial charge in [0.2, 0.25) is 0 Å². The molecule has 0 fully saturated rings. The Kier molecular flexibility index (Phi) is 4.56. The number of aryl methyl sites for hydroxylation is 1. The normalized spacial score (nSPS) is 12.2. The van der Waals surface area contributed by atoms with E-state index in [9.17, 15) is 10.3 Å². The van der Waals surface area contributed by atoms with E-state index in [1.54, 1.807) is 33.2 Å². The van der Waals surface area contributed by atoms with Gasteiger partial charge in [-0.3, -0.25) is 5.21 Å². The molecule has 0 atom stereocenters. The van der Waals surface area contributed by atoms with Crippen LogP contribution in [0.5, 0.6) is 5.75 Å². The highest BCUT2D eigenvalue weighted by molar-refractivity contribution is 6.01. The Morgan fingerprint density at radius 3 is 2.72 bits per heavy atom. The Labute approximate surface area is 147 Å². The van der Waals surface area contributed by atoms with Crippen LogP contribution in [0.4, 0.5) is 0 Å². The first-order valence-electron chi connectivity index (χ1n) is 8.67. The van der Waals surface area contributed by atoms with Gasteiger partial charge in [0.1, 0.15) is 11.6 Å². The number of unbranched alkanes of at least 4 members (excludes halogenated alkanes) is 1. The maximum absolute atomic E-state index is 10.4. The first-order chi connectivity index (χ1) is 11.8. The molecular formula is C19H26N3O3+. The zero-order valence-corrected chi connectivity index (χ0v) is 15.3. The van der Waals surface area contributed by atoms with Gasteiger partial charge < -0.3 is 14.4 Å². The number of nitrogens with zero attached hydrogens (tertiary/aromatic N) is 3. The first kappa shape index (κ1) is 17.5. The monoisotopic (exact) mass is 344 g/mol. The van der Waals surface area contributed by atoms with Crippen LogP contribution in [0.3, 0.4) is 0 Å².